The van der Waals surface area contributed by atoms with Gasteiger partial charge in [0.05, 0.1) is 4.90 Å². The Labute approximate surface area is 131 Å². The molecule has 5 heteroatoms. The highest BCUT2D eigenvalue weighted by Gasteiger charge is 2.20. The van der Waals surface area contributed by atoms with E-state index in [-0.39, 0.29) is 10.9 Å². The van der Waals surface area contributed by atoms with E-state index in [0.29, 0.717) is 5.56 Å². The normalized spacial score (nSPS) is 13.1. The Morgan fingerprint density at radius 3 is 2.32 bits per heavy atom. The van der Waals surface area contributed by atoms with Crippen LogP contribution in [-0.4, -0.2) is 8.42 Å². The lowest BCUT2D eigenvalue weighted by atomic mass is 10.1. The number of benzene rings is 2. The highest BCUT2D eigenvalue weighted by Crippen LogP contribution is 2.20. The van der Waals surface area contributed by atoms with Gasteiger partial charge >= 0.3 is 0 Å². The molecule has 118 valence electrons. The lowest BCUT2D eigenvalue weighted by Crippen LogP contribution is -2.27. The van der Waals surface area contributed by atoms with Gasteiger partial charge in [0.15, 0.2) is 0 Å². The quantitative estimate of drug-likeness (QED) is 0.912. The van der Waals surface area contributed by atoms with Crippen molar-refractivity contribution < 1.29 is 12.8 Å². The monoisotopic (exact) mass is 321 g/mol. The molecular weight excluding hydrogens is 301 g/mol. The van der Waals surface area contributed by atoms with Gasteiger partial charge in [-0.25, -0.2) is 17.5 Å². The Kier molecular flexibility index (Phi) is 4.98. The summed E-state index contributed by atoms with van der Waals surface area (Å²) in [6.07, 6.45) is 0.940. The van der Waals surface area contributed by atoms with Gasteiger partial charge in [-0.2, -0.15) is 0 Å². The van der Waals surface area contributed by atoms with Crippen LogP contribution in [0.25, 0.3) is 0 Å². The maximum atomic E-state index is 13.1. The summed E-state index contributed by atoms with van der Waals surface area (Å²) in [6, 6.07) is 11.1. The molecule has 1 N–H and O–H groups in total. The molecular formula is C17H20FNO2S. The van der Waals surface area contributed by atoms with Crippen molar-refractivity contribution in [3.05, 3.63) is 65.0 Å². The summed E-state index contributed by atoms with van der Waals surface area (Å²) < 4.78 is 40.6. The van der Waals surface area contributed by atoms with E-state index in [0.717, 1.165) is 18.1 Å². The van der Waals surface area contributed by atoms with Crippen molar-refractivity contribution in [2.24, 2.45) is 0 Å². The maximum absolute atomic E-state index is 13.1. The first-order chi connectivity index (χ1) is 10.3. The molecule has 1 unspecified atom stereocenters. The molecule has 2 aromatic carbocycles. The number of sulfonamides is 1. The first-order valence-corrected chi connectivity index (χ1v) is 8.69. The fourth-order valence-corrected chi connectivity index (χ4v) is 3.78. The van der Waals surface area contributed by atoms with Crippen LogP contribution in [0.15, 0.2) is 47.4 Å². The molecule has 0 saturated carbocycles. The molecule has 0 aliphatic carbocycles. The van der Waals surface area contributed by atoms with Gasteiger partial charge in [-0.1, -0.05) is 31.2 Å². The minimum Gasteiger partial charge on any atom is -0.207 e. The van der Waals surface area contributed by atoms with E-state index in [1.807, 2.05) is 24.3 Å². The summed E-state index contributed by atoms with van der Waals surface area (Å²) in [5.41, 5.74) is 2.48. The van der Waals surface area contributed by atoms with Gasteiger partial charge in [0, 0.05) is 6.04 Å². The predicted octanol–water partition coefficient (Wildman–Crippen LogP) is 3.74. The summed E-state index contributed by atoms with van der Waals surface area (Å²) in [4.78, 5) is 0.103. The number of nitrogens with one attached hydrogen (secondary N) is 1. The standard InChI is InChI=1S/C17H20FNO2S/c1-4-14-5-7-15(8-6-14)13(3)19-22(20,21)17-10-9-16(18)11-12(17)2/h5-11,13,19H,4H2,1-3H3. The number of hydrogen-bond donors (Lipinski definition) is 1. The lowest BCUT2D eigenvalue weighted by Gasteiger charge is -2.16. The van der Waals surface area contributed by atoms with Crippen molar-refractivity contribution in [2.75, 3.05) is 0 Å². The minimum atomic E-state index is -3.69. The van der Waals surface area contributed by atoms with Crippen molar-refractivity contribution in [1.82, 2.24) is 4.72 Å². The van der Waals surface area contributed by atoms with Crippen LogP contribution in [0.1, 0.15) is 36.6 Å². The molecule has 22 heavy (non-hydrogen) atoms. The zero-order chi connectivity index (χ0) is 16.3. The topological polar surface area (TPSA) is 46.2 Å². The smallest absolute Gasteiger partial charge is 0.207 e. The molecule has 0 aliphatic rings. The Hall–Kier alpha value is -1.72. The Morgan fingerprint density at radius 2 is 1.77 bits per heavy atom. The molecule has 0 amide bonds. The molecule has 0 radical (unpaired) electrons. The number of aryl methyl sites for hydroxylation is 2. The van der Waals surface area contributed by atoms with Crippen LogP contribution in [0.3, 0.4) is 0 Å². The van der Waals surface area contributed by atoms with Crippen LogP contribution >= 0.6 is 0 Å². The molecule has 0 aromatic heterocycles. The fraction of sp³-hybridized carbons (Fsp3) is 0.294. The summed E-state index contributed by atoms with van der Waals surface area (Å²) in [5, 5.41) is 0. The average Bonchev–Trinajstić information content (AvgIpc) is 2.46. The van der Waals surface area contributed by atoms with Crippen LogP contribution in [0.5, 0.6) is 0 Å². The zero-order valence-electron chi connectivity index (χ0n) is 12.9. The van der Waals surface area contributed by atoms with Crippen LogP contribution in [0, 0.1) is 12.7 Å². The van der Waals surface area contributed by atoms with E-state index < -0.39 is 15.8 Å². The molecule has 0 spiro atoms. The maximum Gasteiger partial charge on any atom is 0.241 e. The van der Waals surface area contributed by atoms with E-state index in [2.05, 4.69) is 11.6 Å². The Morgan fingerprint density at radius 1 is 1.14 bits per heavy atom. The van der Waals surface area contributed by atoms with Gasteiger partial charge in [0.2, 0.25) is 10.0 Å². The molecule has 2 aromatic rings. The highest BCUT2D eigenvalue weighted by molar-refractivity contribution is 7.89. The Bertz CT molecular complexity index is 755. The third kappa shape index (κ3) is 3.72. The second-order valence-corrected chi connectivity index (χ2v) is 7.03. The van der Waals surface area contributed by atoms with E-state index >= 15 is 0 Å². The molecule has 2 rings (SSSR count). The molecule has 0 bridgehead atoms. The van der Waals surface area contributed by atoms with Crippen molar-refractivity contribution in [1.29, 1.82) is 0 Å². The Balaban J connectivity index is 2.23. The predicted molar refractivity (Wildman–Crippen MR) is 85.7 cm³/mol. The highest BCUT2D eigenvalue weighted by atomic mass is 32.2. The second kappa shape index (κ2) is 6.58. The number of halogens is 1. The van der Waals surface area contributed by atoms with Gasteiger partial charge in [-0.3, -0.25) is 0 Å². The van der Waals surface area contributed by atoms with Gasteiger partial charge in [0.25, 0.3) is 0 Å². The van der Waals surface area contributed by atoms with Crippen molar-refractivity contribution in [2.45, 2.75) is 38.1 Å². The molecule has 0 fully saturated rings. The minimum absolute atomic E-state index is 0.103. The summed E-state index contributed by atoms with van der Waals surface area (Å²) in [5.74, 6) is -0.445. The average molecular weight is 321 g/mol. The molecule has 1 atom stereocenters. The number of rotatable bonds is 5. The number of hydrogen-bond acceptors (Lipinski definition) is 2. The first kappa shape index (κ1) is 16.6. The first-order valence-electron chi connectivity index (χ1n) is 7.21. The van der Waals surface area contributed by atoms with Crippen molar-refractivity contribution in [3.8, 4) is 0 Å². The fourth-order valence-electron chi connectivity index (χ4n) is 2.32. The largest absolute Gasteiger partial charge is 0.241 e. The van der Waals surface area contributed by atoms with E-state index in [9.17, 15) is 12.8 Å². The third-order valence-corrected chi connectivity index (χ3v) is 5.35. The summed E-state index contributed by atoms with van der Waals surface area (Å²) in [6.45, 7) is 5.44. The van der Waals surface area contributed by atoms with Gasteiger partial charge in [-0.15, -0.1) is 0 Å². The van der Waals surface area contributed by atoms with Gasteiger partial charge < -0.3 is 0 Å². The summed E-state index contributed by atoms with van der Waals surface area (Å²) in [7, 11) is -3.69. The van der Waals surface area contributed by atoms with Crippen molar-refractivity contribution >= 4 is 10.0 Å². The van der Waals surface area contributed by atoms with Gasteiger partial charge in [0.1, 0.15) is 5.82 Å². The lowest BCUT2D eigenvalue weighted by molar-refractivity contribution is 0.565. The van der Waals surface area contributed by atoms with E-state index in [1.54, 1.807) is 13.8 Å². The molecule has 3 nitrogen and oxygen atoms in total. The van der Waals surface area contributed by atoms with Gasteiger partial charge in [-0.05, 0) is 55.2 Å². The SMILES string of the molecule is CCc1ccc(C(C)NS(=O)(=O)c2ccc(F)cc2C)cc1. The van der Waals surface area contributed by atoms with E-state index in [1.165, 1.54) is 17.7 Å². The third-order valence-electron chi connectivity index (χ3n) is 3.65. The van der Waals surface area contributed by atoms with E-state index in [4.69, 9.17) is 0 Å². The molecule has 0 aliphatic heterocycles. The summed E-state index contributed by atoms with van der Waals surface area (Å²) >= 11 is 0. The van der Waals surface area contributed by atoms with Crippen molar-refractivity contribution in [3.63, 3.8) is 0 Å². The molecule has 0 heterocycles. The second-order valence-electron chi connectivity index (χ2n) is 5.35. The van der Waals surface area contributed by atoms with Crippen LogP contribution in [-0.2, 0) is 16.4 Å². The van der Waals surface area contributed by atoms with Crippen LogP contribution < -0.4 is 4.72 Å². The van der Waals surface area contributed by atoms with Crippen LogP contribution in [0.4, 0.5) is 4.39 Å². The zero-order valence-corrected chi connectivity index (χ0v) is 13.7. The molecule has 0 saturated heterocycles. The van der Waals surface area contributed by atoms with Crippen LogP contribution in [0.2, 0.25) is 0 Å².